The normalized spacial score (nSPS) is 12.7. The first kappa shape index (κ1) is 12.7. The lowest BCUT2D eigenvalue weighted by atomic mass is 10.1. The van der Waals surface area contributed by atoms with Crippen LogP contribution in [0.25, 0.3) is 0 Å². The van der Waals surface area contributed by atoms with Crippen molar-refractivity contribution < 1.29 is 0 Å². The SMILES string of the molecule is CCC(N)CCCn1ccn(C)c(=O)c1=O. The fourth-order valence-corrected chi connectivity index (χ4v) is 1.49. The summed E-state index contributed by atoms with van der Waals surface area (Å²) >= 11 is 0. The van der Waals surface area contributed by atoms with Crippen molar-refractivity contribution in [3.05, 3.63) is 33.1 Å². The maximum atomic E-state index is 11.5. The molecule has 1 atom stereocenters. The van der Waals surface area contributed by atoms with Gasteiger partial charge >= 0.3 is 11.1 Å². The maximum Gasteiger partial charge on any atom is 0.316 e. The van der Waals surface area contributed by atoms with Gasteiger partial charge in [0.1, 0.15) is 0 Å². The summed E-state index contributed by atoms with van der Waals surface area (Å²) in [6, 6.07) is 0.183. The number of rotatable bonds is 5. The number of aryl methyl sites for hydroxylation is 2. The molecule has 1 rings (SSSR count). The summed E-state index contributed by atoms with van der Waals surface area (Å²) in [5.74, 6) is 0. The molecule has 1 unspecified atom stereocenters. The van der Waals surface area contributed by atoms with Crippen molar-refractivity contribution in [3.8, 4) is 0 Å². The van der Waals surface area contributed by atoms with Crippen LogP contribution in [0.2, 0.25) is 0 Å². The minimum Gasteiger partial charge on any atom is -0.328 e. The van der Waals surface area contributed by atoms with Gasteiger partial charge < -0.3 is 14.9 Å². The van der Waals surface area contributed by atoms with Gasteiger partial charge in [-0.2, -0.15) is 0 Å². The molecule has 0 spiro atoms. The molecule has 0 aliphatic heterocycles. The number of hydrogen-bond donors (Lipinski definition) is 1. The van der Waals surface area contributed by atoms with Gasteiger partial charge in [-0.3, -0.25) is 9.59 Å². The number of hydrogen-bond acceptors (Lipinski definition) is 3. The van der Waals surface area contributed by atoms with Crippen molar-refractivity contribution in [2.75, 3.05) is 0 Å². The molecule has 0 bridgehead atoms. The van der Waals surface area contributed by atoms with Gasteiger partial charge in [-0.05, 0) is 19.3 Å². The quantitative estimate of drug-likeness (QED) is 0.721. The van der Waals surface area contributed by atoms with Crippen molar-refractivity contribution in [1.29, 1.82) is 0 Å². The molecular formula is C11H19N3O2. The van der Waals surface area contributed by atoms with Crippen LogP contribution in [0, 0.1) is 0 Å². The van der Waals surface area contributed by atoms with Crippen molar-refractivity contribution >= 4 is 0 Å². The van der Waals surface area contributed by atoms with Crippen LogP contribution in [0.5, 0.6) is 0 Å². The molecule has 5 nitrogen and oxygen atoms in total. The van der Waals surface area contributed by atoms with Gasteiger partial charge in [-0.15, -0.1) is 0 Å². The topological polar surface area (TPSA) is 70.0 Å². The number of aromatic nitrogens is 2. The smallest absolute Gasteiger partial charge is 0.316 e. The molecule has 0 amide bonds. The van der Waals surface area contributed by atoms with Crippen LogP contribution in [-0.2, 0) is 13.6 Å². The minimum absolute atomic E-state index is 0.183. The fraction of sp³-hybridized carbons (Fsp3) is 0.636. The Bertz CT molecular complexity index is 447. The molecule has 2 N–H and O–H groups in total. The van der Waals surface area contributed by atoms with Crippen LogP contribution in [0.1, 0.15) is 26.2 Å². The Labute approximate surface area is 94.5 Å². The first-order valence-corrected chi connectivity index (χ1v) is 5.58. The summed E-state index contributed by atoms with van der Waals surface area (Å²) in [6.45, 7) is 2.59. The van der Waals surface area contributed by atoms with Crippen LogP contribution < -0.4 is 16.9 Å². The van der Waals surface area contributed by atoms with E-state index in [0.717, 1.165) is 19.3 Å². The van der Waals surface area contributed by atoms with Crippen LogP contribution >= 0.6 is 0 Å². The molecule has 0 saturated heterocycles. The van der Waals surface area contributed by atoms with Crippen molar-refractivity contribution in [2.24, 2.45) is 12.8 Å². The molecule has 1 aromatic rings. The second-order valence-electron chi connectivity index (χ2n) is 4.02. The van der Waals surface area contributed by atoms with E-state index in [9.17, 15) is 9.59 Å². The van der Waals surface area contributed by atoms with E-state index in [4.69, 9.17) is 5.73 Å². The highest BCUT2D eigenvalue weighted by molar-refractivity contribution is 4.84. The lowest BCUT2D eigenvalue weighted by Crippen LogP contribution is -2.39. The third-order valence-corrected chi connectivity index (χ3v) is 2.73. The van der Waals surface area contributed by atoms with E-state index in [1.807, 2.05) is 6.92 Å². The van der Waals surface area contributed by atoms with Gasteiger partial charge in [0.2, 0.25) is 0 Å². The van der Waals surface area contributed by atoms with Crippen molar-refractivity contribution in [3.63, 3.8) is 0 Å². The Balaban J connectivity index is 2.66. The second kappa shape index (κ2) is 5.65. The standard InChI is InChI=1S/C11H19N3O2/c1-3-9(12)5-4-6-14-8-7-13(2)10(15)11(14)16/h7-9H,3-6,12H2,1-2H3. The Morgan fingerprint density at radius 2 is 2.00 bits per heavy atom. The Kier molecular flexibility index (Phi) is 4.49. The minimum atomic E-state index is -0.484. The van der Waals surface area contributed by atoms with Crippen LogP contribution in [0.4, 0.5) is 0 Å². The third-order valence-electron chi connectivity index (χ3n) is 2.73. The molecule has 0 aliphatic carbocycles. The van der Waals surface area contributed by atoms with Crippen molar-refractivity contribution in [1.82, 2.24) is 9.13 Å². The number of nitrogens with zero attached hydrogens (tertiary/aromatic N) is 2. The Hall–Kier alpha value is -1.36. The Morgan fingerprint density at radius 1 is 1.31 bits per heavy atom. The first-order chi connectivity index (χ1) is 7.56. The molecule has 0 aliphatic rings. The summed E-state index contributed by atoms with van der Waals surface area (Å²) in [7, 11) is 1.57. The fourth-order valence-electron chi connectivity index (χ4n) is 1.49. The monoisotopic (exact) mass is 225 g/mol. The van der Waals surface area contributed by atoms with Gasteiger partial charge in [0, 0.05) is 32.0 Å². The third kappa shape index (κ3) is 3.06. The summed E-state index contributed by atoms with van der Waals surface area (Å²) in [5, 5.41) is 0. The van der Waals surface area contributed by atoms with Gasteiger partial charge in [-0.1, -0.05) is 6.92 Å². The van der Waals surface area contributed by atoms with Gasteiger partial charge in [-0.25, -0.2) is 0 Å². The van der Waals surface area contributed by atoms with E-state index >= 15 is 0 Å². The molecule has 0 aromatic carbocycles. The second-order valence-corrected chi connectivity index (χ2v) is 4.02. The van der Waals surface area contributed by atoms with E-state index in [2.05, 4.69) is 0 Å². The van der Waals surface area contributed by atoms with Gasteiger partial charge in [0.25, 0.3) is 0 Å². The molecule has 0 radical (unpaired) electrons. The lowest BCUT2D eigenvalue weighted by molar-refractivity contribution is 0.513. The highest BCUT2D eigenvalue weighted by Crippen LogP contribution is 1.99. The van der Waals surface area contributed by atoms with Crippen LogP contribution in [0.15, 0.2) is 22.0 Å². The van der Waals surface area contributed by atoms with E-state index in [0.29, 0.717) is 6.54 Å². The van der Waals surface area contributed by atoms with Crippen LogP contribution in [-0.4, -0.2) is 15.2 Å². The molecule has 16 heavy (non-hydrogen) atoms. The molecule has 1 aromatic heterocycles. The maximum absolute atomic E-state index is 11.5. The largest absolute Gasteiger partial charge is 0.328 e. The molecular weight excluding hydrogens is 206 g/mol. The first-order valence-electron chi connectivity index (χ1n) is 5.58. The average molecular weight is 225 g/mol. The molecule has 5 heteroatoms. The van der Waals surface area contributed by atoms with Gasteiger partial charge in [0.15, 0.2) is 0 Å². The van der Waals surface area contributed by atoms with E-state index in [1.165, 1.54) is 9.13 Å². The molecule has 90 valence electrons. The molecule has 1 heterocycles. The van der Waals surface area contributed by atoms with Gasteiger partial charge in [0.05, 0.1) is 0 Å². The Morgan fingerprint density at radius 3 is 2.62 bits per heavy atom. The zero-order valence-electron chi connectivity index (χ0n) is 9.85. The van der Waals surface area contributed by atoms with Crippen LogP contribution in [0.3, 0.4) is 0 Å². The summed E-state index contributed by atoms with van der Waals surface area (Å²) in [4.78, 5) is 22.9. The number of nitrogens with two attached hydrogens (primary N) is 1. The zero-order valence-corrected chi connectivity index (χ0v) is 9.85. The molecule has 0 saturated carbocycles. The van der Waals surface area contributed by atoms with Crippen molar-refractivity contribution in [2.45, 2.75) is 38.8 Å². The summed E-state index contributed by atoms with van der Waals surface area (Å²) in [5.41, 5.74) is 4.83. The van der Waals surface area contributed by atoms with E-state index in [-0.39, 0.29) is 6.04 Å². The predicted octanol–water partition coefficient (Wildman–Crippen LogP) is 0.0645. The summed E-state index contributed by atoms with van der Waals surface area (Å²) < 4.78 is 2.74. The predicted molar refractivity (Wildman–Crippen MR) is 63.4 cm³/mol. The average Bonchev–Trinajstić information content (AvgIpc) is 2.29. The molecule has 0 fully saturated rings. The zero-order chi connectivity index (χ0) is 12.1. The van der Waals surface area contributed by atoms with E-state index < -0.39 is 11.1 Å². The van der Waals surface area contributed by atoms with E-state index in [1.54, 1.807) is 19.4 Å². The lowest BCUT2D eigenvalue weighted by Gasteiger charge is -2.09. The summed E-state index contributed by atoms with van der Waals surface area (Å²) in [6.07, 6.45) is 5.87. The highest BCUT2D eigenvalue weighted by Gasteiger charge is 2.03. The highest BCUT2D eigenvalue weighted by atomic mass is 16.2.